The Morgan fingerprint density at radius 3 is 2.64 bits per heavy atom. The van der Waals surface area contributed by atoms with Crippen molar-refractivity contribution in [3.63, 3.8) is 0 Å². The minimum atomic E-state index is -1.09. The summed E-state index contributed by atoms with van der Waals surface area (Å²) in [7, 11) is 2.65. The first-order valence-corrected chi connectivity index (χ1v) is 4.57. The molecule has 0 fully saturated rings. The lowest BCUT2D eigenvalue weighted by atomic mass is 10.0. The van der Waals surface area contributed by atoms with Gasteiger partial charge in [0, 0.05) is 7.11 Å². The first-order chi connectivity index (χ1) is 6.67. The Morgan fingerprint density at radius 1 is 1.57 bits per heavy atom. The average molecular weight is 202 g/mol. The van der Waals surface area contributed by atoms with E-state index in [0.29, 0.717) is 6.42 Å². The number of methoxy groups -OCH3 is 2. The number of hydrogen-bond donors (Lipinski definition) is 1. The summed E-state index contributed by atoms with van der Waals surface area (Å²) >= 11 is 0. The fourth-order valence-corrected chi connectivity index (χ4v) is 1.17. The zero-order valence-corrected chi connectivity index (χ0v) is 8.73. The number of aliphatic hydroxyl groups excluding tert-OH is 1. The molecule has 0 aromatic heterocycles. The number of allylic oxidation sites excluding steroid dienone is 1. The zero-order chi connectivity index (χ0) is 11.0. The third kappa shape index (κ3) is 4.39. The number of ether oxygens (including phenoxy) is 2. The lowest BCUT2D eigenvalue weighted by Crippen LogP contribution is -2.30. The van der Waals surface area contributed by atoms with E-state index >= 15 is 0 Å². The number of carbonyl (C=O) groups is 1. The van der Waals surface area contributed by atoms with E-state index < -0.39 is 18.2 Å². The smallest absolute Gasteiger partial charge is 0.313 e. The molecule has 0 heterocycles. The van der Waals surface area contributed by atoms with Crippen molar-refractivity contribution in [3.05, 3.63) is 12.7 Å². The molecule has 0 amide bonds. The topological polar surface area (TPSA) is 55.8 Å². The summed E-state index contributed by atoms with van der Waals surface area (Å²) in [6.07, 6.45) is 2.81. The van der Waals surface area contributed by atoms with Crippen LogP contribution in [0.4, 0.5) is 0 Å². The van der Waals surface area contributed by atoms with E-state index in [1.54, 1.807) is 6.08 Å². The molecular formula is C10H18O4. The van der Waals surface area contributed by atoms with Crippen LogP contribution in [-0.2, 0) is 14.3 Å². The fourth-order valence-electron chi connectivity index (χ4n) is 1.17. The highest BCUT2D eigenvalue weighted by Gasteiger charge is 2.26. The summed E-state index contributed by atoms with van der Waals surface area (Å²) in [5, 5.41) is 9.37. The van der Waals surface area contributed by atoms with Gasteiger partial charge in [0.05, 0.1) is 7.11 Å². The van der Waals surface area contributed by atoms with Crippen molar-refractivity contribution in [3.8, 4) is 0 Å². The molecule has 4 heteroatoms. The molecular weight excluding hydrogens is 184 g/mol. The van der Waals surface area contributed by atoms with Gasteiger partial charge in [-0.15, -0.1) is 6.58 Å². The minimum Gasteiger partial charge on any atom is -0.469 e. The van der Waals surface area contributed by atoms with E-state index in [-0.39, 0.29) is 0 Å². The maximum atomic E-state index is 11.2. The first-order valence-electron chi connectivity index (χ1n) is 4.57. The molecule has 14 heavy (non-hydrogen) atoms. The SMILES string of the molecule is C=CCCCC(C(=O)OC)C(O)OC. The molecule has 2 atom stereocenters. The third-order valence-corrected chi connectivity index (χ3v) is 2.01. The van der Waals surface area contributed by atoms with E-state index in [9.17, 15) is 9.90 Å². The molecule has 4 nitrogen and oxygen atoms in total. The summed E-state index contributed by atoms with van der Waals surface area (Å²) in [6.45, 7) is 3.58. The van der Waals surface area contributed by atoms with Crippen LogP contribution >= 0.6 is 0 Å². The van der Waals surface area contributed by atoms with Gasteiger partial charge in [-0.25, -0.2) is 0 Å². The van der Waals surface area contributed by atoms with Gasteiger partial charge in [-0.1, -0.05) is 6.08 Å². The molecule has 82 valence electrons. The van der Waals surface area contributed by atoms with Gasteiger partial charge in [-0.3, -0.25) is 4.79 Å². The molecule has 1 N–H and O–H groups in total. The molecule has 0 aliphatic heterocycles. The number of carbonyl (C=O) groups excluding carboxylic acids is 1. The van der Waals surface area contributed by atoms with Crippen LogP contribution in [0.1, 0.15) is 19.3 Å². The summed E-state index contributed by atoms with van der Waals surface area (Å²) in [4.78, 5) is 11.2. The quantitative estimate of drug-likeness (QED) is 0.291. The molecule has 0 aliphatic carbocycles. The number of rotatable bonds is 7. The Balaban J connectivity index is 4.10. The van der Waals surface area contributed by atoms with Gasteiger partial charge in [0.25, 0.3) is 0 Å². The summed E-state index contributed by atoms with van der Waals surface area (Å²) in [5.74, 6) is -1.05. The molecule has 0 radical (unpaired) electrons. The fraction of sp³-hybridized carbons (Fsp3) is 0.700. The highest BCUT2D eigenvalue weighted by atomic mass is 16.6. The first kappa shape index (κ1) is 13.1. The Kier molecular flexibility index (Phi) is 7.06. The maximum absolute atomic E-state index is 11.2. The zero-order valence-electron chi connectivity index (χ0n) is 8.73. The lowest BCUT2D eigenvalue weighted by Gasteiger charge is -2.18. The molecule has 0 saturated carbocycles. The molecule has 0 rings (SSSR count). The Labute approximate surface area is 84.5 Å². The number of aliphatic hydroxyl groups is 1. The van der Waals surface area contributed by atoms with Crippen LogP contribution in [0.2, 0.25) is 0 Å². The van der Waals surface area contributed by atoms with Gasteiger partial charge in [0.15, 0.2) is 6.29 Å². The van der Waals surface area contributed by atoms with E-state index in [4.69, 9.17) is 4.74 Å². The number of unbranched alkanes of at least 4 members (excludes halogenated alkanes) is 1. The monoisotopic (exact) mass is 202 g/mol. The van der Waals surface area contributed by atoms with Gasteiger partial charge in [0.1, 0.15) is 5.92 Å². The van der Waals surface area contributed by atoms with Crippen molar-refractivity contribution in [2.45, 2.75) is 25.6 Å². The maximum Gasteiger partial charge on any atom is 0.313 e. The van der Waals surface area contributed by atoms with Gasteiger partial charge >= 0.3 is 5.97 Å². The van der Waals surface area contributed by atoms with Crippen LogP contribution in [0, 0.1) is 5.92 Å². The van der Waals surface area contributed by atoms with Crippen LogP contribution in [-0.4, -0.2) is 31.6 Å². The second kappa shape index (κ2) is 7.53. The highest BCUT2D eigenvalue weighted by molar-refractivity contribution is 5.72. The molecule has 0 aromatic rings. The Bertz CT molecular complexity index is 179. The Hall–Kier alpha value is -0.870. The predicted molar refractivity (Wildman–Crippen MR) is 52.6 cm³/mol. The Morgan fingerprint density at radius 2 is 2.21 bits per heavy atom. The van der Waals surface area contributed by atoms with E-state index in [1.807, 2.05) is 0 Å². The molecule has 0 saturated heterocycles. The van der Waals surface area contributed by atoms with E-state index in [2.05, 4.69) is 11.3 Å². The predicted octanol–water partition coefficient (Wildman–Crippen LogP) is 1.10. The van der Waals surface area contributed by atoms with Gasteiger partial charge in [0.2, 0.25) is 0 Å². The molecule has 0 aliphatic rings. The largest absolute Gasteiger partial charge is 0.469 e. The van der Waals surface area contributed by atoms with Crippen molar-refractivity contribution in [2.24, 2.45) is 5.92 Å². The van der Waals surface area contributed by atoms with Crippen LogP contribution in [0.25, 0.3) is 0 Å². The number of esters is 1. The molecule has 2 unspecified atom stereocenters. The minimum absolute atomic E-state index is 0.441. The van der Waals surface area contributed by atoms with Crippen molar-refractivity contribution in [1.82, 2.24) is 0 Å². The van der Waals surface area contributed by atoms with Crippen molar-refractivity contribution in [1.29, 1.82) is 0 Å². The summed E-state index contributed by atoms with van der Waals surface area (Å²) in [5.41, 5.74) is 0. The highest BCUT2D eigenvalue weighted by Crippen LogP contribution is 2.15. The van der Waals surface area contributed by atoms with E-state index in [1.165, 1.54) is 14.2 Å². The van der Waals surface area contributed by atoms with Crippen molar-refractivity contribution >= 4 is 5.97 Å². The van der Waals surface area contributed by atoms with Crippen molar-refractivity contribution in [2.75, 3.05) is 14.2 Å². The van der Waals surface area contributed by atoms with Gasteiger partial charge in [-0.2, -0.15) is 0 Å². The lowest BCUT2D eigenvalue weighted by molar-refractivity contribution is -0.168. The molecule has 0 aromatic carbocycles. The second-order valence-corrected chi connectivity index (χ2v) is 2.98. The summed E-state index contributed by atoms with van der Waals surface area (Å²) < 4.78 is 9.26. The normalized spacial score (nSPS) is 14.5. The van der Waals surface area contributed by atoms with E-state index in [0.717, 1.165) is 12.8 Å². The summed E-state index contributed by atoms with van der Waals surface area (Å²) in [6, 6.07) is 0. The molecule has 0 spiro atoms. The van der Waals surface area contributed by atoms with Crippen molar-refractivity contribution < 1.29 is 19.4 Å². The third-order valence-electron chi connectivity index (χ3n) is 2.01. The second-order valence-electron chi connectivity index (χ2n) is 2.98. The standard InChI is InChI=1S/C10H18O4/c1-4-5-6-7-8(9(11)13-2)10(12)14-3/h4,8-9,11H,1,5-7H2,2-3H3. The number of hydrogen-bond acceptors (Lipinski definition) is 4. The average Bonchev–Trinajstić information content (AvgIpc) is 2.22. The van der Waals surface area contributed by atoms with Crippen LogP contribution in [0.3, 0.4) is 0 Å². The molecule has 0 bridgehead atoms. The van der Waals surface area contributed by atoms with Crippen LogP contribution in [0.5, 0.6) is 0 Å². The van der Waals surface area contributed by atoms with Gasteiger partial charge < -0.3 is 14.6 Å². The van der Waals surface area contributed by atoms with Crippen LogP contribution in [0.15, 0.2) is 12.7 Å². The van der Waals surface area contributed by atoms with Crippen LogP contribution < -0.4 is 0 Å². The van der Waals surface area contributed by atoms with Gasteiger partial charge in [-0.05, 0) is 19.3 Å².